The fraction of sp³-hybridized carbons (Fsp3) is 0.588. The van der Waals surface area contributed by atoms with Crippen LogP contribution in [0.5, 0.6) is 0 Å². The molecule has 0 fully saturated rings. The zero-order valence-electron chi connectivity index (χ0n) is 13.1. The topological polar surface area (TPSA) is 17.8 Å². The Kier molecular flexibility index (Phi) is 6.12. The number of benzene rings is 1. The van der Waals surface area contributed by atoms with E-state index in [9.17, 15) is 0 Å². The summed E-state index contributed by atoms with van der Waals surface area (Å²) < 4.78 is 3.41. The lowest BCUT2D eigenvalue weighted by Crippen LogP contribution is -2.10. The molecule has 0 aliphatic heterocycles. The standard InChI is InChI=1S/C17H24BrClN2/c1-4-5-6-7-8-12(2)21-16-11-14(18)9-10-15(16)20-17(21)13(3)19/h9-13H,4-8H2,1-3H3. The molecule has 0 spiro atoms. The maximum Gasteiger partial charge on any atom is 0.127 e. The first-order chi connectivity index (χ1) is 10.0. The van der Waals surface area contributed by atoms with Crippen molar-refractivity contribution in [2.45, 2.75) is 64.3 Å². The third kappa shape index (κ3) is 4.01. The van der Waals surface area contributed by atoms with Gasteiger partial charge in [-0.25, -0.2) is 4.98 Å². The molecule has 0 amide bonds. The molecule has 0 saturated carbocycles. The van der Waals surface area contributed by atoms with E-state index in [-0.39, 0.29) is 5.38 Å². The van der Waals surface area contributed by atoms with Crippen LogP contribution in [0.3, 0.4) is 0 Å². The van der Waals surface area contributed by atoms with Gasteiger partial charge in [-0.15, -0.1) is 11.6 Å². The lowest BCUT2D eigenvalue weighted by atomic mass is 10.1. The average molecular weight is 372 g/mol. The molecule has 2 rings (SSSR count). The van der Waals surface area contributed by atoms with E-state index >= 15 is 0 Å². The first-order valence-electron chi connectivity index (χ1n) is 7.86. The molecule has 0 saturated heterocycles. The number of hydrogen-bond acceptors (Lipinski definition) is 1. The number of alkyl halides is 1. The second-order valence-corrected chi connectivity index (χ2v) is 7.36. The Morgan fingerprint density at radius 1 is 1.24 bits per heavy atom. The zero-order valence-corrected chi connectivity index (χ0v) is 15.4. The highest BCUT2D eigenvalue weighted by molar-refractivity contribution is 9.10. The number of halogens is 2. The summed E-state index contributed by atoms with van der Waals surface area (Å²) in [7, 11) is 0. The SMILES string of the molecule is CCCCCCC(C)n1c(C(C)Cl)nc2ccc(Br)cc21. The Bertz CT molecular complexity index is 592. The van der Waals surface area contributed by atoms with Gasteiger partial charge in [-0.2, -0.15) is 0 Å². The molecule has 1 aromatic carbocycles. The molecular weight excluding hydrogens is 348 g/mol. The third-order valence-electron chi connectivity index (χ3n) is 3.95. The minimum Gasteiger partial charge on any atom is -0.324 e. The number of unbranched alkanes of at least 4 members (excludes halogenated alkanes) is 3. The van der Waals surface area contributed by atoms with Gasteiger partial charge in [0.05, 0.1) is 16.4 Å². The van der Waals surface area contributed by atoms with E-state index < -0.39 is 0 Å². The van der Waals surface area contributed by atoms with E-state index in [1.165, 1.54) is 37.6 Å². The molecule has 2 unspecified atom stereocenters. The largest absolute Gasteiger partial charge is 0.324 e. The summed E-state index contributed by atoms with van der Waals surface area (Å²) in [4.78, 5) is 4.73. The average Bonchev–Trinajstić information content (AvgIpc) is 2.82. The highest BCUT2D eigenvalue weighted by atomic mass is 79.9. The number of imidazole rings is 1. The van der Waals surface area contributed by atoms with Crippen molar-refractivity contribution in [3.05, 3.63) is 28.5 Å². The fourth-order valence-electron chi connectivity index (χ4n) is 2.82. The predicted octanol–water partition coefficient (Wildman–Crippen LogP) is 6.63. The van der Waals surface area contributed by atoms with Gasteiger partial charge in [0.2, 0.25) is 0 Å². The van der Waals surface area contributed by atoms with Crippen molar-refractivity contribution in [1.82, 2.24) is 9.55 Å². The molecule has 2 nitrogen and oxygen atoms in total. The van der Waals surface area contributed by atoms with Crippen molar-refractivity contribution in [2.24, 2.45) is 0 Å². The summed E-state index contributed by atoms with van der Waals surface area (Å²) in [6.45, 7) is 6.52. The van der Waals surface area contributed by atoms with Crippen molar-refractivity contribution < 1.29 is 0 Å². The van der Waals surface area contributed by atoms with Gasteiger partial charge in [-0.1, -0.05) is 48.5 Å². The molecule has 0 bridgehead atoms. The molecule has 0 N–H and O–H groups in total. The summed E-state index contributed by atoms with van der Waals surface area (Å²) in [5.74, 6) is 0.979. The predicted molar refractivity (Wildman–Crippen MR) is 95.2 cm³/mol. The van der Waals surface area contributed by atoms with Crippen molar-refractivity contribution in [3.8, 4) is 0 Å². The molecule has 0 aliphatic rings. The molecule has 1 heterocycles. The van der Waals surface area contributed by atoms with Crippen molar-refractivity contribution in [2.75, 3.05) is 0 Å². The maximum absolute atomic E-state index is 6.35. The Balaban J connectivity index is 2.30. The highest BCUT2D eigenvalue weighted by Gasteiger charge is 2.19. The molecule has 21 heavy (non-hydrogen) atoms. The van der Waals surface area contributed by atoms with Crippen LogP contribution < -0.4 is 0 Å². The third-order valence-corrected chi connectivity index (χ3v) is 4.64. The normalized spacial score (nSPS) is 14.5. The summed E-state index contributed by atoms with van der Waals surface area (Å²) in [6, 6.07) is 6.67. The van der Waals surface area contributed by atoms with Gasteiger partial charge < -0.3 is 4.57 Å². The first kappa shape index (κ1) is 16.8. The second-order valence-electron chi connectivity index (χ2n) is 5.79. The van der Waals surface area contributed by atoms with Crippen LogP contribution >= 0.6 is 27.5 Å². The lowest BCUT2D eigenvalue weighted by Gasteiger charge is -2.18. The second kappa shape index (κ2) is 7.64. The molecular formula is C17H24BrClN2. The number of aromatic nitrogens is 2. The zero-order chi connectivity index (χ0) is 15.4. The van der Waals surface area contributed by atoms with Crippen molar-refractivity contribution >= 4 is 38.6 Å². The van der Waals surface area contributed by atoms with Crippen molar-refractivity contribution in [3.63, 3.8) is 0 Å². The van der Waals surface area contributed by atoms with Crippen LogP contribution in [0.2, 0.25) is 0 Å². The van der Waals surface area contributed by atoms with Gasteiger partial charge in [-0.05, 0) is 38.5 Å². The molecule has 0 radical (unpaired) electrons. The smallest absolute Gasteiger partial charge is 0.127 e. The Morgan fingerprint density at radius 3 is 2.67 bits per heavy atom. The van der Waals surface area contributed by atoms with E-state index in [0.29, 0.717) is 6.04 Å². The van der Waals surface area contributed by atoms with E-state index in [1.807, 2.05) is 13.0 Å². The lowest BCUT2D eigenvalue weighted by molar-refractivity contribution is 0.468. The molecule has 4 heteroatoms. The first-order valence-corrected chi connectivity index (χ1v) is 9.09. The summed E-state index contributed by atoms with van der Waals surface area (Å²) >= 11 is 9.91. The summed E-state index contributed by atoms with van der Waals surface area (Å²) in [5.41, 5.74) is 2.20. The van der Waals surface area contributed by atoms with Crippen LogP contribution in [-0.4, -0.2) is 9.55 Å². The molecule has 0 aliphatic carbocycles. The van der Waals surface area contributed by atoms with Gasteiger partial charge in [0.1, 0.15) is 5.82 Å². The fourth-order valence-corrected chi connectivity index (χ4v) is 3.33. The summed E-state index contributed by atoms with van der Waals surface area (Å²) in [6.07, 6.45) is 6.34. The van der Waals surface area contributed by atoms with Gasteiger partial charge in [0.25, 0.3) is 0 Å². The van der Waals surface area contributed by atoms with E-state index in [4.69, 9.17) is 16.6 Å². The number of nitrogens with zero attached hydrogens (tertiary/aromatic N) is 2. The van der Waals surface area contributed by atoms with Crippen LogP contribution in [-0.2, 0) is 0 Å². The van der Waals surface area contributed by atoms with Gasteiger partial charge in [0.15, 0.2) is 0 Å². The van der Waals surface area contributed by atoms with Crippen molar-refractivity contribution in [1.29, 1.82) is 0 Å². The summed E-state index contributed by atoms with van der Waals surface area (Å²) in [5, 5.41) is -0.0748. The van der Waals surface area contributed by atoms with Gasteiger partial charge >= 0.3 is 0 Å². The maximum atomic E-state index is 6.35. The minimum absolute atomic E-state index is 0.0748. The van der Waals surface area contributed by atoms with Gasteiger partial charge in [-0.3, -0.25) is 0 Å². The highest BCUT2D eigenvalue weighted by Crippen LogP contribution is 2.31. The van der Waals surface area contributed by atoms with Crippen LogP contribution in [0.15, 0.2) is 22.7 Å². The van der Waals surface area contributed by atoms with Crippen LogP contribution in [0, 0.1) is 0 Å². The quantitative estimate of drug-likeness (QED) is 0.394. The minimum atomic E-state index is -0.0748. The Hall–Kier alpha value is -0.540. The molecule has 2 aromatic rings. The van der Waals surface area contributed by atoms with E-state index in [0.717, 1.165) is 15.8 Å². The molecule has 2 atom stereocenters. The monoisotopic (exact) mass is 370 g/mol. The molecule has 116 valence electrons. The van der Waals surface area contributed by atoms with Gasteiger partial charge in [0, 0.05) is 10.5 Å². The Labute approximate surface area is 141 Å². The number of hydrogen-bond donors (Lipinski definition) is 0. The van der Waals surface area contributed by atoms with Crippen LogP contribution in [0.1, 0.15) is 70.1 Å². The Morgan fingerprint density at radius 2 is 2.00 bits per heavy atom. The van der Waals surface area contributed by atoms with E-state index in [1.54, 1.807) is 0 Å². The number of fused-ring (bicyclic) bond motifs is 1. The number of rotatable bonds is 7. The van der Waals surface area contributed by atoms with Crippen LogP contribution in [0.4, 0.5) is 0 Å². The van der Waals surface area contributed by atoms with Crippen LogP contribution in [0.25, 0.3) is 11.0 Å². The van der Waals surface area contributed by atoms with E-state index in [2.05, 4.69) is 46.5 Å². The molecule has 1 aromatic heterocycles.